The topological polar surface area (TPSA) is 24.1 Å². The van der Waals surface area contributed by atoms with Crippen molar-refractivity contribution < 1.29 is 4.39 Å². The molecular weight excluding hydrogens is 351 g/mol. The Morgan fingerprint density at radius 1 is 1.11 bits per heavy atom. The van der Waals surface area contributed by atoms with Crippen LogP contribution in [0.2, 0.25) is 5.02 Å². The van der Waals surface area contributed by atoms with Crippen LogP contribution in [-0.2, 0) is 0 Å². The van der Waals surface area contributed by atoms with Crippen molar-refractivity contribution in [3.05, 3.63) is 57.8 Å². The number of anilines is 2. The van der Waals surface area contributed by atoms with Crippen molar-refractivity contribution in [3.8, 4) is 0 Å². The van der Waals surface area contributed by atoms with Gasteiger partial charge in [-0.05, 0) is 42.5 Å². The first-order valence-corrected chi connectivity index (χ1v) is 6.92. The third kappa shape index (κ3) is 3.89. The lowest BCUT2D eigenvalue weighted by atomic mass is 10.3. The zero-order chi connectivity index (χ0) is 13.8. The van der Waals surface area contributed by atoms with E-state index in [1.807, 2.05) is 12.1 Å². The Kier molecular flexibility index (Phi) is 4.74. The Labute approximate surface area is 129 Å². The van der Waals surface area contributed by atoms with Gasteiger partial charge in [-0.1, -0.05) is 39.7 Å². The summed E-state index contributed by atoms with van der Waals surface area (Å²) in [5, 5.41) is 6.51. The second kappa shape index (κ2) is 6.32. The minimum atomic E-state index is -0.391. The van der Waals surface area contributed by atoms with Crippen molar-refractivity contribution in [3.63, 3.8) is 0 Å². The lowest BCUT2D eigenvalue weighted by molar-refractivity contribution is 0.631. The smallest absolute Gasteiger partial charge is 0.175 e. The second-order valence-electron chi connectivity index (χ2n) is 3.68. The lowest BCUT2D eigenvalue weighted by Crippen LogP contribution is -2.19. The van der Waals surface area contributed by atoms with Crippen LogP contribution < -0.4 is 10.6 Å². The van der Waals surface area contributed by atoms with Crippen LogP contribution in [0.15, 0.2) is 46.9 Å². The Balaban J connectivity index is 2.08. The van der Waals surface area contributed by atoms with E-state index in [0.29, 0.717) is 20.9 Å². The van der Waals surface area contributed by atoms with Gasteiger partial charge in [-0.15, -0.1) is 0 Å². The molecule has 0 aliphatic heterocycles. The fourth-order valence-corrected chi connectivity index (χ4v) is 2.17. The second-order valence-corrected chi connectivity index (χ2v) is 5.41. The summed E-state index contributed by atoms with van der Waals surface area (Å²) in [5.74, 6) is -0.391. The van der Waals surface area contributed by atoms with Crippen molar-refractivity contribution >= 4 is 56.2 Å². The predicted octanol–water partition coefficient (Wildman–Crippen LogP) is 5.05. The molecule has 6 heteroatoms. The number of halogens is 3. The molecule has 2 aromatic rings. The highest BCUT2D eigenvalue weighted by atomic mass is 79.9. The van der Waals surface area contributed by atoms with Gasteiger partial charge in [0.15, 0.2) is 5.11 Å². The number of para-hydroxylation sites is 1. The van der Waals surface area contributed by atoms with Crippen molar-refractivity contribution in [2.45, 2.75) is 0 Å². The van der Waals surface area contributed by atoms with Gasteiger partial charge in [-0.2, -0.15) is 0 Å². The van der Waals surface area contributed by atoms with Crippen molar-refractivity contribution in [2.75, 3.05) is 10.6 Å². The molecule has 0 unspecified atom stereocenters. The molecule has 2 nitrogen and oxygen atoms in total. The summed E-state index contributed by atoms with van der Waals surface area (Å²) >= 11 is 14.3. The molecular formula is C13H9BrClFN2S. The number of thiocarbonyl (C=S) groups is 1. The Morgan fingerprint density at radius 3 is 2.47 bits per heavy atom. The van der Waals surface area contributed by atoms with Crippen LogP contribution in [-0.4, -0.2) is 5.11 Å². The van der Waals surface area contributed by atoms with Gasteiger partial charge < -0.3 is 10.6 Å². The summed E-state index contributed by atoms with van der Waals surface area (Å²) in [6.07, 6.45) is 0. The maximum absolute atomic E-state index is 13.6. The number of rotatable bonds is 2. The summed E-state index contributed by atoms with van der Waals surface area (Å²) in [5.41, 5.74) is 0.965. The molecule has 0 fully saturated rings. The van der Waals surface area contributed by atoms with E-state index in [0.717, 1.165) is 0 Å². The quantitative estimate of drug-likeness (QED) is 0.734. The van der Waals surface area contributed by atoms with E-state index in [1.165, 1.54) is 6.07 Å². The number of nitrogens with one attached hydrogen (secondary N) is 2. The molecule has 0 amide bonds. The van der Waals surface area contributed by atoms with E-state index >= 15 is 0 Å². The van der Waals surface area contributed by atoms with Crippen LogP contribution in [0.5, 0.6) is 0 Å². The van der Waals surface area contributed by atoms with E-state index in [-0.39, 0.29) is 5.11 Å². The van der Waals surface area contributed by atoms with E-state index in [9.17, 15) is 4.39 Å². The van der Waals surface area contributed by atoms with Crippen LogP contribution >= 0.6 is 39.7 Å². The lowest BCUT2D eigenvalue weighted by Gasteiger charge is -2.12. The zero-order valence-corrected chi connectivity index (χ0v) is 12.7. The third-order valence-electron chi connectivity index (χ3n) is 2.30. The van der Waals surface area contributed by atoms with Gasteiger partial charge in [0, 0.05) is 4.47 Å². The van der Waals surface area contributed by atoms with Gasteiger partial charge in [0.05, 0.1) is 16.4 Å². The summed E-state index contributed by atoms with van der Waals surface area (Å²) in [7, 11) is 0. The van der Waals surface area contributed by atoms with Crippen LogP contribution in [0.1, 0.15) is 0 Å². The summed E-state index contributed by atoms with van der Waals surface area (Å²) < 4.78 is 14.3. The minimum Gasteiger partial charge on any atom is -0.331 e. The molecule has 0 aliphatic carbocycles. The average molecular weight is 360 g/mol. The van der Waals surface area contributed by atoms with Gasteiger partial charge in [-0.3, -0.25) is 0 Å². The molecule has 0 aromatic heterocycles. The zero-order valence-electron chi connectivity index (χ0n) is 9.58. The molecule has 0 radical (unpaired) electrons. The number of hydrogen-bond donors (Lipinski definition) is 2. The number of hydrogen-bond acceptors (Lipinski definition) is 1. The summed E-state index contributed by atoms with van der Waals surface area (Å²) in [4.78, 5) is 0. The van der Waals surface area contributed by atoms with Crippen molar-refractivity contribution in [1.29, 1.82) is 0 Å². The van der Waals surface area contributed by atoms with Gasteiger partial charge in [-0.25, -0.2) is 4.39 Å². The fourth-order valence-electron chi connectivity index (χ4n) is 1.43. The highest BCUT2D eigenvalue weighted by Crippen LogP contribution is 2.22. The Hall–Kier alpha value is -1.17. The molecule has 19 heavy (non-hydrogen) atoms. The Bertz CT molecular complexity index is 621. The maximum Gasteiger partial charge on any atom is 0.175 e. The van der Waals surface area contributed by atoms with Crippen LogP contribution in [0.4, 0.5) is 15.8 Å². The molecule has 0 heterocycles. The molecule has 2 N–H and O–H groups in total. The molecule has 0 aliphatic rings. The van der Waals surface area contributed by atoms with Crippen LogP contribution in [0.3, 0.4) is 0 Å². The van der Waals surface area contributed by atoms with E-state index in [2.05, 4.69) is 26.6 Å². The molecule has 0 saturated carbocycles. The molecule has 0 spiro atoms. The minimum absolute atomic E-state index is 0.273. The van der Waals surface area contributed by atoms with Gasteiger partial charge in [0.25, 0.3) is 0 Å². The van der Waals surface area contributed by atoms with E-state index < -0.39 is 5.82 Å². The van der Waals surface area contributed by atoms with Gasteiger partial charge in [0.1, 0.15) is 5.82 Å². The molecule has 0 atom stereocenters. The highest BCUT2D eigenvalue weighted by molar-refractivity contribution is 9.10. The molecule has 2 aromatic carbocycles. The van der Waals surface area contributed by atoms with Crippen LogP contribution in [0.25, 0.3) is 0 Å². The first kappa shape index (κ1) is 14.2. The monoisotopic (exact) mass is 358 g/mol. The largest absolute Gasteiger partial charge is 0.331 e. The van der Waals surface area contributed by atoms with E-state index in [1.54, 1.807) is 24.3 Å². The molecule has 0 saturated heterocycles. The van der Waals surface area contributed by atoms with Crippen molar-refractivity contribution in [1.82, 2.24) is 0 Å². The highest BCUT2D eigenvalue weighted by Gasteiger charge is 2.06. The first-order valence-electron chi connectivity index (χ1n) is 5.34. The number of benzene rings is 2. The van der Waals surface area contributed by atoms with Crippen molar-refractivity contribution in [2.24, 2.45) is 0 Å². The fraction of sp³-hybridized carbons (Fsp3) is 0. The van der Waals surface area contributed by atoms with E-state index in [4.69, 9.17) is 23.8 Å². The Morgan fingerprint density at radius 2 is 1.79 bits per heavy atom. The summed E-state index contributed by atoms with van der Waals surface area (Å²) in [6, 6.07) is 11.9. The van der Waals surface area contributed by atoms with Gasteiger partial charge >= 0.3 is 0 Å². The molecule has 0 bridgehead atoms. The van der Waals surface area contributed by atoms with Gasteiger partial charge in [0.2, 0.25) is 0 Å². The third-order valence-corrected chi connectivity index (χ3v) is 3.33. The predicted molar refractivity (Wildman–Crippen MR) is 85.4 cm³/mol. The first-order chi connectivity index (χ1) is 9.06. The average Bonchev–Trinajstić information content (AvgIpc) is 2.36. The van der Waals surface area contributed by atoms with Crippen LogP contribution in [0, 0.1) is 5.82 Å². The SMILES string of the molecule is Fc1cc(Br)ccc1NC(=S)Nc1ccccc1Cl. The maximum atomic E-state index is 13.6. The molecule has 98 valence electrons. The normalized spacial score (nSPS) is 10.1. The summed E-state index contributed by atoms with van der Waals surface area (Å²) in [6.45, 7) is 0. The molecule has 2 rings (SSSR count). The standard InChI is InChI=1S/C13H9BrClFN2S/c14-8-5-6-12(10(16)7-8)18-13(19)17-11-4-2-1-3-9(11)15/h1-7H,(H2,17,18,19).